The molecule has 2 aromatic carbocycles. The van der Waals surface area contributed by atoms with E-state index in [-0.39, 0.29) is 11.8 Å². The molecule has 4 nitrogen and oxygen atoms in total. The summed E-state index contributed by atoms with van der Waals surface area (Å²) >= 11 is 3.59. The SMILES string of the molecule is O=C1CC(c2ccccc2Br)c2cc3c(cc2N1)OCCO3. The molecule has 5 heteroatoms. The fraction of sp³-hybridized carbons (Fsp3) is 0.235. The van der Waals surface area contributed by atoms with E-state index in [9.17, 15) is 4.79 Å². The first kappa shape index (κ1) is 13.6. The lowest BCUT2D eigenvalue weighted by molar-refractivity contribution is -0.116. The fourth-order valence-corrected chi connectivity index (χ4v) is 3.59. The zero-order valence-corrected chi connectivity index (χ0v) is 13.4. The van der Waals surface area contributed by atoms with Gasteiger partial charge in [-0.25, -0.2) is 0 Å². The maximum absolute atomic E-state index is 12.1. The molecule has 2 heterocycles. The Bertz CT molecular complexity index is 760. The van der Waals surface area contributed by atoms with Crippen LogP contribution in [0.3, 0.4) is 0 Å². The predicted octanol–water partition coefficient (Wildman–Crippen LogP) is 3.69. The number of nitrogens with one attached hydrogen (secondary N) is 1. The molecule has 0 aromatic heterocycles. The molecule has 0 saturated heterocycles. The fourth-order valence-electron chi connectivity index (χ4n) is 3.03. The molecule has 0 fully saturated rings. The molecular formula is C17H14BrNO3. The number of ether oxygens (including phenoxy) is 2. The molecule has 1 atom stereocenters. The van der Waals surface area contributed by atoms with Crippen molar-refractivity contribution in [3.05, 3.63) is 52.0 Å². The minimum Gasteiger partial charge on any atom is -0.486 e. The third-order valence-electron chi connectivity index (χ3n) is 4.03. The molecule has 0 spiro atoms. The summed E-state index contributed by atoms with van der Waals surface area (Å²) in [5.74, 6) is 1.47. The summed E-state index contributed by atoms with van der Waals surface area (Å²) in [6.07, 6.45) is 0.426. The maximum atomic E-state index is 12.1. The van der Waals surface area contributed by atoms with Crippen molar-refractivity contribution in [3.63, 3.8) is 0 Å². The molecule has 1 N–H and O–H groups in total. The number of hydrogen-bond acceptors (Lipinski definition) is 3. The van der Waals surface area contributed by atoms with Crippen molar-refractivity contribution in [2.24, 2.45) is 0 Å². The Kier molecular flexibility index (Phi) is 3.30. The first-order valence-corrected chi connectivity index (χ1v) is 7.99. The number of rotatable bonds is 1. The minimum absolute atomic E-state index is 0.00940. The van der Waals surface area contributed by atoms with Gasteiger partial charge in [-0.05, 0) is 23.3 Å². The Morgan fingerprint density at radius 3 is 2.55 bits per heavy atom. The van der Waals surface area contributed by atoms with Crippen LogP contribution in [0.5, 0.6) is 11.5 Å². The van der Waals surface area contributed by atoms with Crippen LogP contribution in [0.1, 0.15) is 23.5 Å². The van der Waals surface area contributed by atoms with E-state index in [0.29, 0.717) is 25.4 Å². The summed E-state index contributed by atoms with van der Waals surface area (Å²) < 4.78 is 12.3. The molecule has 0 radical (unpaired) electrons. The van der Waals surface area contributed by atoms with Crippen LogP contribution in [0.2, 0.25) is 0 Å². The molecule has 1 amide bonds. The highest BCUT2D eigenvalue weighted by molar-refractivity contribution is 9.10. The molecule has 2 aromatic rings. The lowest BCUT2D eigenvalue weighted by atomic mass is 9.84. The van der Waals surface area contributed by atoms with Crippen molar-refractivity contribution in [1.82, 2.24) is 0 Å². The van der Waals surface area contributed by atoms with Crippen molar-refractivity contribution in [2.75, 3.05) is 18.5 Å². The molecule has 22 heavy (non-hydrogen) atoms. The van der Waals surface area contributed by atoms with Gasteiger partial charge in [0.15, 0.2) is 11.5 Å². The van der Waals surface area contributed by atoms with Gasteiger partial charge in [-0.15, -0.1) is 0 Å². The number of anilines is 1. The van der Waals surface area contributed by atoms with Crippen LogP contribution in [-0.2, 0) is 4.79 Å². The lowest BCUT2D eigenvalue weighted by Crippen LogP contribution is -2.25. The maximum Gasteiger partial charge on any atom is 0.225 e. The van der Waals surface area contributed by atoms with Crippen molar-refractivity contribution in [3.8, 4) is 11.5 Å². The Hall–Kier alpha value is -2.01. The number of carbonyl (C=O) groups is 1. The van der Waals surface area contributed by atoms with Crippen LogP contribution < -0.4 is 14.8 Å². The summed E-state index contributed by atoms with van der Waals surface area (Å²) in [6.45, 7) is 1.09. The van der Waals surface area contributed by atoms with E-state index in [4.69, 9.17) is 9.47 Å². The summed E-state index contributed by atoms with van der Waals surface area (Å²) in [4.78, 5) is 12.1. The number of fused-ring (bicyclic) bond motifs is 2. The topological polar surface area (TPSA) is 47.6 Å². The van der Waals surface area contributed by atoms with Crippen LogP contribution in [0, 0.1) is 0 Å². The second kappa shape index (κ2) is 5.32. The molecule has 2 aliphatic heterocycles. The van der Waals surface area contributed by atoms with E-state index < -0.39 is 0 Å². The second-order valence-corrected chi connectivity index (χ2v) is 6.26. The summed E-state index contributed by atoms with van der Waals surface area (Å²) in [5.41, 5.74) is 2.98. The highest BCUT2D eigenvalue weighted by atomic mass is 79.9. The quantitative estimate of drug-likeness (QED) is 0.844. The van der Waals surface area contributed by atoms with Gasteiger partial charge < -0.3 is 14.8 Å². The molecule has 0 aliphatic carbocycles. The van der Waals surface area contributed by atoms with E-state index in [1.54, 1.807) is 0 Å². The number of halogens is 1. The molecule has 2 aliphatic rings. The summed E-state index contributed by atoms with van der Waals surface area (Å²) in [5, 5.41) is 2.94. The lowest BCUT2D eigenvalue weighted by Gasteiger charge is -2.29. The van der Waals surface area contributed by atoms with Crippen molar-refractivity contribution < 1.29 is 14.3 Å². The number of carbonyl (C=O) groups excluding carboxylic acids is 1. The van der Waals surface area contributed by atoms with Gasteiger partial charge >= 0.3 is 0 Å². The number of amides is 1. The number of hydrogen-bond donors (Lipinski definition) is 1. The van der Waals surface area contributed by atoms with Gasteiger partial charge in [-0.3, -0.25) is 4.79 Å². The zero-order valence-electron chi connectivity index (χ0n) is 11.8. The van der Waals surface area contributed by atoms with Crippen LogP contribution in [0.4, 0.5) is 5.69 Å². The van der Waals surface area contributed by atoms with E-state index in [2.05, 4.69) is 21.2 Å². The van der Waals surface area contributed by atoms with E-state index in [0.717, 1.165) is 27.0 Å². The Morgan fingerprint density at radius 2 is 1.77 bits per heavy atom. The van der Waals surface area contributed by atoms with Gasteiger partial charge in [0.2, 0.25) is 5.91 Å². The van der Waals surface area contributed by atoms with Crippen LogP contribution >= 0.6 is 15.9 Å². The molecule has 112 valence electrons. The molecule has 4 rings (SSSR count). The molecule has 1 unspecified atom stereocenters. The summed E-state index contributed by atoms with van der Waals surface area (Å²) in [6, 6.07) is 11.9. The van der Waals surface area contributed by atoms with Crippen molar-refractivity contribution in [1.29, 1.82) is 0 Å². The molecule has 0 saturated carbocycles. The first-order chi connectivity index (χ1) is 10.7. The van der Waals surface area contributed by atoms with E-state index >= 15 is 0 Å². The van der Waals surface area contributed by atoms with Gasteiger partial charge in [-0.2, -0.15) is 0 Å². The van der Waals surface area contributed by atoms with Gasteiger partial charge in [0.1, 0.15) is 13.2 Å². The Balaban J connectivity index is 1.86. The smallest absolute Gasteiger partial charge is 0.225 e. The second-order valence-electron chi connectivity index (χ2n) is 5.41. The van der Waals surface area contributed by atoms with Crippen molar-refractivity contribution in [2.45, 2.75) is 12.3 Å². The van der Waals surface area contributed by atoms with E-state index in [1.807, 2.05) is 36.4 Å². The highest BCUT2D eigenvalue weighted by Gasteiger charge is 2.30. The largest absolute Gasteiger partial charge is 0.486 e. The van der Waals surface area contributed by atoms with Crippen LogP contribution in [0.15, 0.2) is 40.9 Å². The highest BCUT2D eigenvalue weighted by Crippen LogP contribution is 2.45. The minimum atomic E-state index is 0.00940. The van der Waals surface area contributed by atoms with Crippen LogP contribution in [0.25, 0.3) is 0 Å². The normalized spacial score (nSPS) is 19.3. The Morgan fingerprint density at radius 1 is 1.05 bits per heavy atom. The third-order valence-corrected chi connectivity index (χ3v) is 4.76. The first-order valence-electron chi connectivity index (χ1n) is 7.20. The van der Waals surface area contributed by atoms with Gasteiger partial charge in [0.05, 0.1) is 0 Å². The van der Waals surface area contributed by atoms with E-state index in [1.165, 1.54) is 0 Å². The number of benzene rings is 2. The van der Waals surface area contributed by atoms with Crippen molar-refractivity contribution >= 4 is 27.5 Å². The molecule has 0 bridgehead atoms. The summed E-state index contributed by atoms with van der Waals surface area (Å²) in [7, 11) is 0. The average molecular weight is 360 g/mol. The monoisotopic (exact) mass is 359 g/mol. The molecular weight excluding hydrogens is 346 g/mol. The third kappa shape index (κ3) is 2.25. The van der Waals surface area contributed by atoms with Gasteiger partial charge in [-0.1, -0.05) is 34.1 Å². The van der Waals surface area contributed by atoms with Gasteiger partial charge in [0, 0.05) is 28.6 Å². The zero-order chi connectivity index (χ0) is 15.1. The van der Waals surface area contributed by atoms with Crippen LogP contribution in [-0.4, -0.2) is 19.1 Å². The Labute approximate surface area is 136 Å². The average Bonchev–Trinajstić information content (AvgIpc) is 2.53. The van der Waals surface area contributed by atoms with Gasteiger partial charge in [0.25, 0.3) is 0 Å². The standard InChI is InChI=1S/C17H14BrNO3/c18-13-4-2-1-3-10(13)11-8-17(20)19-14-9-16-15(7-12(11)14)21-5-6-22-16/h1-4,7,9,11H,5-6,8H2,(H,19,20). The predicted molar refractivity (Wildman–Crippen MR) is 86.7 cm³/mol.